The Morgan fingerprint density at radius 2 is 1.41 bits per heavy atom. The van der Waals surface area contributed by atoms with E-state index in [2.05, 4.69) is 0 Å². The number of aromatic hydroxyl groups is 2. The summed E-state index contributed by atoms with van der Waals surface area (Å²) >= 11 is 0. The third-order valence-corrected chi connectivity index (χ3v) is 3.62. The summed E-state index contributed by atoms with van der Waals surface area (Å²) in [5.74, 6) is -2.13. The molecule has 3 rings (SSSR count). The first-order chi connectivity index (χ1) is 10.5. The van der Waals surface area contributed by atoms with Gasteiger partial charge in [0.2, 0.25) is 5.78 Å². The van der Waals surface area contributed by atoms with E-state index >= 15 is 0 Å². The highest BCUT2D eigenvalue weighted by atomic mass is 16.5. The Morgan fingerprint density at radius 1 is 0.864 bits per heavy atom. The zero-order valence-corrected chi connectivity index (χ0v) is 11.4. The molecule has 0 bridgehead atoms. The highest BCUT2D eigenvalue weighted by Crippen LogP contribution is 2.41. The lowest BCUT2D eigenvalue weighted by atomic mass is 9.80. The van der Waals surface area contributed by atoms with Gasteiger partial charge < -0.3 is 14.9 Å². The molecule has 0 radical (unpaired) electrons. The molecular formula is C16H10O6. The highest BCUT2D eigenvalue weighted by molar-refractivity contribution is 6.32. The largest absolute Gasteiger partial charge is 0.507 e. The third-order valence-electron chi connectivity index (χ3n) is 3.62. The van der Waals surface area contributed by atoms with E-state index in [1.807, 2.05) is 0 Å². The zero-order valence-electron chi connectivity index (χ0n) is 11.4. The van der Waals surface area contributed by atoms with E-state index in [9.17, 15) is 24.6 Å². The van der Waals surface area contributed by atoms with Crippen LogP contribution in [0.2, 0.25) is 0 Å². The molecule has 2 N–H and O–H groups in total. The number of rotatable bonds is 2. The monoisotopic (exact) mass is 298 g/mol. The second-order valence-corrected chi connectivity index (χ2v) is 4.74. The maximum Gasteiger partial charge on any atom is 0.202 e. The molecule has 0 spiro atoms. The summed E-state index contributed by atoms with van der Waals surface area (Å²) in [5, 5.41) is 19.8. The Balaban J connectivity index is 2.46. The molecule has 2 aromatic carbocycles. The number of hydrogen-bond acceptors (Lipinski definition) is 6. The third kappa shape index (κ3) is 1.64. The van der Waals surface area contributed by atoms with E-state index in [-0.39, 0.29) is 33.6 Å². The normalized spacial score (nSPS) is 12.6. The van der Waals surface area contributed by atoms with Gasteiger partial charge in [0.15, 0.2) is 12.1 Å². The Kier molecular flexibility index (Phi) is 2.95. The molecule has 0 saturated carbocycles. The van der Waals surface area contributed by atoms with Crippen molar-refractivity contribution in [2.24, 2.45) is 0 Å². The van der Waals surface area contributed by atoms with Crippen LogP contribution >= 0.6 is 0 Å². The minimum Gasteiger partial charge on any atom is -0.507 e. The topological polar surface area (TPSA) is 101 Å². The molecule has 110 valence electrons. The number of benzene rings is 2. The Hall–Kier alpha value is -3.15. The lowest BCUT2D eigenvalue weighted by Crippen LogP contribution is -2.23. The van der Waals surface area contributed by atoms with Crippen LogP contribution in [0, 0.1) is 0 Å². The molecule has 0 amide bonds. The lowest BCUT2D eigenvalue weighted by molar-refractivity contribution is 0.0968. The number of aldehydes is 1. The van der Waals surface area contributed by atoms with Gasteiger partial charge in [-0.15, -0.1) is 0 Å². The summed E-state index contributed by atoms with van der Waals surface area (Å²) in [6.07, 6.45) is 0.453. The van der Waals surface area contributed by atoms with Crippen molar-refractivity contribution in [1.29, 1.82) is 0 Å². The first kappa shape index (κ1) is 13.8. The predicted octanol–water partition coefficient (Wildman–Crippen LogP) is 1.69. The molecule has 2 aromatic rings. The predicted molar refractivity (Wildman–Crippen MR) is 75.0 cm³/mol. The van der Waals surface area contributed by atoms with Crippen molar-refractivity contribution in [2.45, 2.75) is 0 Å². The van der Waals surface area contributed by atoms with Crippen LogP contribution in [0.5, 0.6) is 17.2 Å². The van der Waals surface area contributed by atoms with E-state index in [0.717, 1.165) is 12.1 Å². The number of hydrogen-bond donors (Lipinski definition) is 2. The van der Waals surface area contributed by atoms with Crippen LogP contribution in [-0.4, -0.2) is 35.2 Å². The van der Waals surface area contributed by atoms with Crippen LogP contribution in [0.25, 0.3) is 0 Å². The molecule has 0 unspecified atom stereocenters. The first-order valence-electron chi connectivity index (χ1n) is 6.31. The zero-order chi connectivity index (χ0) is 16.0. The number of carbonyl (C=O) groups is 3. The summed E-state index contributed by atoms with van der Waals surface area (Å²) in [7, 11) is 1.33. The number of phenols is 2. The molecule has 0 saturated heterocycles. The van der Waals surface area contributed by atoms with Crippen LogP contribution in [0.3, 0.4) is 0 Å². The highest BCUT2D eigenvalue weighted by Gasteiger charge is 2.38. The smallest absolute Gasteiger partial charge is 0.202 e. The molecule has 0 fully saturated rings. The Labute approximate surface area is 124 Å². The number of ketones is 2. The van der Waals surface area contributed by atoms with Crippen LogP contribution in [-0.2, 0) is 0 Å². The fourth-order valence-corrected chi connectivity index (χ4v) is 2.63. The molecule has 1 aliphatic rings. The van der Waals surface area contributed by atoms with Gasteiger partial charge >= 0.3 is 0 Å². The maximum atomic E-state index is 12.7. The van der Waals surface area contributed by atoms with Crippen LogP contribution < -0.4 is 4.74 Å². The second-order valence-electron chi connectivity index (χ2n) is 4.74. The lowest BCUT2D eigenvalue weighted by Gasteiger charge is -2.22. The van der Waals surface area contributed by atoms with E-state index in [1.165, 1.54) is 19.2 Å². The summed E-state index contributed by atoms with van der Waals surface area (Å²) in [5.41, 5.74) is -0.812. The number of ether oxygens (including phenoxy) is 1. The number of phenolic OH excluding ortho intramolecular Hbond substituents is 2. The maximum absolute atomic E-state index is 12.7. The van der Waals surface area contributed by atoms with E-state index < -0.39 is 23.1 Å². The molecule has 0 aromatic heterocycles. The van der Waals surface area contributed by atoms with Gasteiger partial charge in [-0.05, 0) is 24.3 Å². The first-order valence-corrected chi connectivity index (χ1v) is 6.31. The fourth-order valence-electron chi connectivity index (χ4n) is 2.63. The van der Waals surface area contributed by atoms with Crippen molar-refractivity contribution >= 4 is 17.9 Å². The molecule has 0 aliphatic heterocycles. The molecule has 6 heteroatoms. The van der Waals surface area contributed by atoms with Gasteiger partial charge in [0, 0.05) is 11.1 Å². The molecule has 0 atom stereocenters. The van der Waals surface area contributed by atoms with E-state index in [4.69, 9.17) is 4.74 Å². The number of methoxy groups -OCH3 is 1. The summed E-state index contributed by atoms with van der Waals surface area (Å²) in [4.78, 5) is 36.5. The number of carbonyl (C=O) groups excluding carboxylic acids is 3. The number of fused-ring (bicyclic) bond motifs is 2. The van der Waals surface area contributed by atoms with Crippen molar-refractivity contribution in [3.63, 3.8) is 0 Å². The van der Waals surface area contributed by atoms with Crippen LogP contribution in [0.4, 0.5) is 0 Å². The summed E-state index contributed by atoms with van der Waals surface area (Å²) in [6.45, 7) is 0. The van der Waals surface area contributed by atoms with Crippen LogP contribution in [0.1, 0.15) is 42.2 Å². The second kappa shape index (κ2) is 4.70. The van der Waals surface area contributed by atoms with E-state index in [0.29, 0.717) is 6.29 Å². The summed E-state index contributed by atoms with van der Waals surface area (Å²) < 4.78 is 5.08. The van der Waals surface area contributed by atoms with Crippen molar-refractivity contribution in [1.82, 2.24) is 0 Å². The van der Waals surface area contributed by atoms with Crippen molar-refractivity contribution in [3.05, 3.63) is 52.1 Å². The van der Waals surface area contributed by atoms with E-state index in [1.54, 1.807) is 0 Å². The minimum absolute atomic E-state index is 0.0162. The Morgan fingerprint density at radius 3 is 1.91 bits per heavy atom. The SMILES string of the molecule is COc1ccc(C=O)c2c1C(=O)c1c(O)ccc(O)c1C2=O. The van der Waals surface area contributed by atoms with Crippen molar-refractivity contribution in [2.75, 3.05) is 7.11 Å². The van der Waals surface area contributed by atoms with Gasteiger partial charge in [-0.1, -0.05) is 0 Å². The van der Waals surface area contributed by atoms with Crippen molar-refractivity contribution < 1.29 is 29.3 Å². The fraction of sp³-hybridized carbons (Fsp3) is 0.0625. The molecule has 6 nitrogen and oxygen atoms in total. The van der Waals surface area contributed by atoms with Gasteiger partial charge in [-0.2, -0.15) is 0 Å². The summed E-state index contributed by atoms with van der Waals surface area (Å²) in [6, 6.07) is 5.00. The molecule has 22 heavy (non-hydrogen) atoms. The van der Waals surface area contributed by atoms with Gasteiger partial charge in [-0.25, -0.2) is 0 Å². The average molecular weight is 298 g/mol. The standard InChI is InChI=1S/C16H10O6/c1-22-10-5-2-7(6-17)11-14(10)16(21)13-9(19)4-3-8(18)12(13)15(11)20/h2-6,18-19H,1H3. The Bertz CT molecular complexity index is 850. The van der Waals surface area contributed by atoms with Crippen LogP contribution in [0.15, 0.2) is 24.3 Å². The molecular weight excluding hydrogens is 288 g/mol. The quantitative estimate of drug-likeness (QED) is 0.551. The van der Waals surface area contributed by atoms with Gasteiger partial charge in [0.25, 0.3) is 0 Å². The van der Waals surface area contributed by atoms with Gasteiger partial charge in [0.05, 0.1) is 23.8 Å². The van der Waals surface area contributed by atoms with Crippen molar-refractivity contribution in [3.8, 4) is 17.2 Å². The van der Waals surface area contributed by atoms with Gasteiger partial charge in [-0.3, -0.25) is 14.4 Å². The average Bonchev–Trinajstić information content (AvgIpc) is 2.53. The minimum atomic E-state index is -0.709. The van der Waals surface area contributed by atoms with Gasteiger partial charge in [0.1, 0.15) is 17.2 Å². The molecule has 0 heterocycles. The molecule has 1 aliphatic carbocycles.